The molecular formula is C16H20ClNO. The Morgan fingerprint density at radius 2 is 1.89 bits per heavy atom. The normalized spacial score (nSPS) is 23.8. The Morgan fingerprint density at radius 1 is 1.26 bits per heavy atom. The molecule has 2 rings (SSSR count). The molecule has 3 heteroatoms. The number of likely N-dealkylation sites (tertiary alicyclic amines) is 1. The van der Waals surface area contributed by atoms with Gasteiger partial charge in [0.1, 0.15) is 0 Å². The molecule has 1 aliphatic rings. The maximum absolute atomic E-state index is 12.2. The molecule has 1 saturated heterocycles. The van der Waals surface area contributed by atoms with E-state index in [0.717, 1.165) is 18.7 Å². The topological polar surface area (TPSA) is 20.3 Å². The summed E-state index contributed by atoms with van der Waals surface area (Å²) in [6.07, 6.45) is 4.64. The lowest BCUT2D eigenvalue weighted by molar-refractivity contribution is -0.128. The predicted octanol–water partition coefficient (Wildman–Crippen LogP) is 3.86. The SMILES string of the molecule is C[C@H]1C[C@H](C)CN(C(=O)/C=C/c2ccccc2Cl)C1. The molecule has 0 bridgehead atoms. The molecular weight excluding hydrogens is 258 g/mol. The number of benzene rings is 1. The van der Waals surface area contributed by atoms with Crippen LogP contribution < -0.4 is 0 Å². The fraction of sp³-hybridized carbons (Fsp3) is 0.438. The van der Waals surface area contributed by atoms with Crippen molar-refractivity contribution in [3.63, 3.8) is 0 Å². The summed E-state index contributed by atoms with van der Waals surface area (Å²) in [6, 6.07) is 7.54. The van der Waals surface area contributed by atoms with Crippen LogP contribution in [-0.4, -0.2) is 23.9 Å². The summed E-state index contributed by atoms with van der Waals surface area (Å²) in [6.45, 7) is 6.12. The molecule has 1 aromatic carbocycles. The molecule has 1 aromatic rings. The fourth-order valence-electron chi connectivity index (χ4n) is 2.72. The van der Waals surface area contributed by atoms with Crippen molar-refractivity contribution in [2.24, 2.45) is 11.8 Å². The van der Waals surface area contributed by atoms with Crippen LogP contribution in [0.15, 0.2) is 30.3 Å². The number of hydrogen-bond donors (Lipinski definition) is 0. The van der Waals surface area contributed by atoms with Crippen molar-refractivity contribution in [3.05, 3.63) is 40.9 Å². The van der Waals surface area contributed by atoms with Crippen molar-refractivity contribution in [1.82, 2.24) is 4.90 Å². The average molecular weight is 278 g/mol. The molecule has 0 aromatic heterocycles. The van der Waals surface area contributed by atoms with Gasteiger partial charge in [0.15, 0.2) is 0 Å². The number of carbonyl (C=O) groups is 1. The Kier molecular flexibility index (Phi) is 4.65. The van der Waals surface area contributed by atoms with Crippen molar-refractivity contribution >= 4 is 23.6 Å². The molecule has 102 valence electrons. The van der Waals surface area contributed by atoms with E-state index in [0.29, 0.717) is 16.9 Å². The van der Waals surface area contributed by atoms with Gasteiger partial charge in [-0.1, -0.05) is 43.6 Å². The van der Waals surface area contributed by atoms with E-state index in [-0.39, 0.29) is 5.91 Å². The molecule has 1 fully saturated rings. The van der Waals surface area contributed by atoms with Gasteiger partial charge in [0.05, 0.1) is 0 Å². The zero-order valence-corrected chi connectivity index (χ0v) is 12.2. The number of carbonyl (C=O) groups excluding carboxylic acids is 1. The van der Waals surface area contributed by atoms with Crippen LogP contribution in [0.3, 0.4) is 0 Å². The maximum atomic E-state index is 12.2. The van der Waals surface area contributed by atoms with E-state index in [9.17, 15) is 4.79 Å². The van der Waals surface area contributed by atoms with Crippen LogP contribution in [0.2, 0.25) is 5.02 Å². The molecule has 0 N–H and O–H groups in total. The van der Waals surface area contributed by atoms with Gasteiger partial charge in [-0.25, -0.2) is 0 Å². The van der Waals surface area contributed by atoms with E-state index in [1.54, 1.807) is 12.2 Å². The van der Waals surface area contributed by atoms with E-state index >= 15 is 0 Å². The van der Waals surface area contributed by atoms with Gasteiger partial charge < -0.3 is 4.90 Å². The first-order chi connectivity index (χ1) is 9.06. The Balaban J connectivity index is 2.03. The maximum Gasteiger partial charge on any atom is 0.246 e. The first-order valence-corrected chi connectivity index (χ1v) is 7.15. The van der Waals surface area contributed by atoms with Crippen LogP contribution in [0.25, 0.3) is 6.08 Å². The van der Waals surface area contributed by atoms with E-state index in [1.807, 2.05) is 29.2 Å². The van der Waals surface area contributed by atoms with Crippen molar-refractivity contribution in [3.8, 4) is 0 Å². The van der Waals surface area contributed by atoms with Gasteiger partial charge in [0.25, 0.3) is 0 Å². The van der Waals surface area contributed by atoms with Gasteiger partial charge >= 0.3 is 0 Å². The molecule has 2 nitrogen and oxygen atoms in total. The summed E-state index contributed by atoms with van der Waals surface area (Å²) in [7, 11) is 0. The minimum atomic E-state index is 0.0818. The molecule has 1 amide bonds. The molecule has 1 heterocycles. The van der Waals surface area contributed by atoms with Crippen molar-refractivity contribution < 1.29 is 4.79 Å². The van der Waals surface area contributed by atoms with Crippen LogP contribution in [0.1, 0.15) is 25.8 Å². The lowest BCUT2D eigenvalue weighted by Crippen LogP contribution is -2.41. The number of nitrogens with zero attached hydrogens (tertiary/aromatic N) is 1. The molecule has 0 unspecified atom stereocenters. The van der Waals surface area contributed by atoms with Gasteiger partial charge in [-0.3, -0.25) is 4.79 Å². The summed E-state index contributed by atoms with van der Waals surface area (Å²) in [4.78, 5) is 14.1. The van der Waals surface area contributed by atoms with E-state index in [1.165, 1.54) is 6.42 Å². The predicted molar refractivity (Wildman–Crippen MR) is 80.0 cm³/mol. The molecule has 1 aliphatic heterocycles. The second-order valence-corrected chi connectivity index (χ2v) is 5.95. The van der Waals surface area contributed by atoms with Crippen LogP contribution in [0, 0.1) is 11.8 Å². The average Bonchev–Trinajstić information content (AvgIpc) is 2.36. The fourth-order valence-corrected chi connectivity index (χ4v) is 2.92. The Morgan fingerprint density at radius 3 is 2.53 bits per heavy atom. The summed E-state index contributed by atoms with van der Waals surface area (Å²) < 4.78 is 0. The number of hydrogen-bond acceptors (Lipinski definition) is 1. The van der Waals surface area contributed by atoms with Gasteiger partial charge in [0.2, 0.25) is 5.91 Å². The third-order valence-electron chi connectivity index (χ3n) is 3.49. The molecule has 0 radical (unpaired) electrons. The van der Waals surface area contributed by atoms with Crippen molar-refractivity contribution in [2.75, 3.05) is 13.1 Å². The first kappa shape index (κ1) is 14.1. The highest BCUT2D eigenvalue weighted by Crippen LogP contribution is 2.21. The van der Waals surface area contributed by atoms with E-state index in [4.69, 9.17) is 11.6 Å². The van der Waals surface area contributed by atoms with Crippen molar-refractivity contribution in [1.29, 1.82) is 0 Å². The summed E-state index contributed by atoms with van der Waals surface area (Å²) >= 11 is 6.06. The Hall–Kier alpha value is -1.28. The largest absolute Gasteiger partial charge is 0.339 e. The number of rotatable bonds is 2. The minimum absolute atomic E-state index is 0.0818. The molecule has 2 atom stereocenters. The summed E-state index contributed by atoms with van der Waals surface area (Å²) in [5.74, 6) is 1.25. The molecule has 19 heavy (non-hydrogen) atoms. The molecule has 0 saturated carbocycles. The van der Waals surface area contributed by atoms with Crippen LogP contribution in [0.5, 0.6) is 0 Å². The van der Waals surface area contributed by atoms with E-state index in [2.05, 4.69) is 13.8 Å². The second-order valence-electron chi connectivity index (χ2n) is 5.54. The van der Waals surface area contributed by atoms with Gasteiger partial charge in [-0.15, -0.1) is 0 Å². The highest BCUT2D eigenvalue weighted by Gasteiger charge is 2.23. The third kappa shape index (κ3) is 3.84. The minimum Gasteiger partial charge on any atom is -0.339 e. The zero-order chi connectivity index (χ0) is 13.8. The summed E-state index contributed by atoms with van der Waals surface area (Å²) in [5.41, 5.74) is 0.885. The second kappa shape index (κ2) is 6.25. The monoisotopic (exact) mass is 277 g/mol. The number of halogens is 1. The lowest BCUT2D eigenvalue weighted by Gasteiger charge is -2.34. The van der Waals surface area contributed by atoms with Crippen molar-refractivity contribution in [2.45, 2.75) is 20.3 Å². The Labute approximate surface area is 120 Å². The quantitative estimate of drug-likeness (QED) is 0.752. The highest BCUT2D eigenvalue weighted by atomic mass is 35.5. The van der Waals surface area contributed by atoms with Gasteiger partial charge in [-0.2, -0.15) is 0 Å². The zero-order valence-electron chi connectivity index (χ0n) is 11.5. The van der Waals surface area contributed by atoms with Crippen LogP contribution in [-0.2, 0) is 4.79 Å². The van der Waals surface area contributed by atoms with Gasteiger partial charge in [-0.05, 0) is 36.0 Å². The van der Waals surface area contributed by atoms with Crippen LogP contribution in [0.4, 0.5) is 0 Å². The molecule has 0 aliphatic carbocycles. The van der Waals surface area contributed by atoms with Gasteiger partial charge in [0, 0.05) is 24.2 Å². The van der Waals surface area contributed by atoms with E-state index < -0.39 is 0 Å². The lowest BCUT2D eigenvalue weighted by atomic mass is 9.92. The standard InChI is InChI=1S/C16H20ClNO/c1-12-9-13(2)11-18(10-12)16(19)8-7-14-5-3-4-6-15(14)17/h3-8,12-13H,9-11H2,1-2H3/b8-7+/t12-,13-/m0/s1. The Bertz CT molecular complexity index is 473. The first-order valence-electron chi connectivity index (χ1n) is 6.77. The third-order valence-corrected chi connectivity index (χ3v) is 3.84. The smallest absolute Gasteiger partial charge is 0.246 e. The number of amides is 1. The molecule has 0 spiro atoms. The van der Waals surface area contributed by atoms with Crippen LogP contribution >= 0.6 is 11.6 Å². The summed E-state index contributed by atoms with van der Waals surface area (Å²) in [5, 5.41) is 0.673. The number of piperidine rings is 1. The highest BCUT2D eigenvalue weighted by molar-refractivity contribution is 6.32.